The second-order valence-corrected chi connectivity index (χ2v) is 8.55. The second-order valence-electron chi connectivity index (χ2n) is 8.55. The van der Waals surface area contributed by atoms with E-state index in [1.165, 1.54) is 6.07 Å². The van der Waals surface area contributed by atoms with E-state index >= 15 is 0 Å². The number of halogens is 7. The first-order chi connectivity index (χ1) is 19.4. The van der Waals surface area contributed by atoms with E-state index in [4.69, 9.17) is 14.6 Å². The van der Waals surface area contributed by atoms with Gasteiger partial charge in [-0.1, -0.05) is 0 Å². The van der Waals surface area contributed by atoms with Gasteiger partial charge in [-0.25, -0.2) is 17.6 Å². The standard InChI is InChI=1S/C22H20F7N5O4.C2H6O/c23-17-16(22(27,28)29)18(24)20(26)21(19(17)25)31-30-11-12-9-15(34(35)36)14(33-3-7-38-8-4-33)10-13(12)32-1-5-37-6-2-32;1-2-3/h9-11,31H,1-8H2;3H,2H2,1H3/b30-11-;. The molecule has 0 spiro atoms. The molecule has 0 amide bonds. The summed E-state index contributed by atoms with van der Waals surface area (Å²) in [5, 5.41) is 22.9. The van der Waals surface area contributed by atoms with Crippen molar-refractivity contribution in [3.05, 3.63) is 56.6 Å². The average molecular weight is 597 g/mol. The third-order valence-corrected chi connectivity index (χ3v) is 5.95. The van der Waals surface area contributed by atoms with Crippen molar-refractivity contribution in [1.82, 2.24) is 0 Å². The topological polar surface area (TPSA) is 113 Å². The number of anilines is 3. The molecule has 226 valence electrons. The Morgan fingerprint density at radius 2 is 1.41 bits per heavy atom. The lowest BCUT2D eigenvalue weighted by Gasteiger charge is -2.33. The van der Waals surface area contributed by atoms with Gasteiger partial charge in [0.25, 0.3) is 5.69 Å². The molecule has 2 saturated heterocycles. The van der Waals surface area contributed by atoms with E-state index in [-0.39, 0.29) is 17.9 Å². The zero-order chi connectivity index (χ0) is 30.3. The Hall–Kier alpha value is -3.70. The van der Waals surface area contributed by atoms with Crippen LogP contribution in [0.4, 0.5) is 53.5 Å². The first-order valence-corrected chi connectivity index (χ1v) is 12.2. The van der Waals surface area contributed by atoms with Crippen LogP contribution >= 0.6 is 0 Å². The summed E-state index contributed by atoms with van der Waals surface area (Å²) in [4.78, 5) is 14.8. The largest absolute Gasteiger partial charge is 0.422 e. The lowest BCUT2D eigenvalue weighted by atomic mass is 10.1. The number of morpholine rings is 2. The Morgan fingerprint density at radius 3 is 1.85 bits per heavy atom. The van der Waals surface area contributed by atoms with E-state index in [9.17, 15) is 40.8 Å². The van der Waals surface area contributed by atoms with Gasteiger partial charge in [0.05, 0.1) is 37.6 Å². The maximum Gasteiger partial charge on any atom is 0.422 e. The van der Waals surface area contributed by atoms with Crippen LogP contribution in [0.2, 0.25) is 0 Å². The molecule has 0 saturated carbocycles. The van der Waals surface area contributed by atoms with Gasteiger partial charge in [-0.2, -0.15) is 18.3 Å². The highest BCUT2D eigenvalue weighted by Gasteiger charge is 2.42. The molecule has 2 aromatic carbocycles. The molecule has 4 rings (SSSR count). The summed E-state index contributed by atoms with van der Waals surface area (Å²) in [6.45, 7) is 4.91. The average Bonchev–Trinajstić information content (AvgIpc) is 2.94. The van der Waals surface area contributed by atoms with E-state index in [1.807, 2.05) is 4.90 Å². The minimum atomic E-state index is -5.69. The Balaban J connectivity index is 0.00000147. The van der Waals surface area contributed by atoms with Crippen LogP contribution in [0, 0.1) is 33.4 Å². The molecule has 2 N–H and O–H groups in total. The number of aliphatic hydroxyl groups is 1. The third kappa shape index (κ3) is 7.34. The number of hydrogen-bond donors (Lipinski definition) is 2. The van der Waals surface area contributed by atoms with Crippen LogP contribution < -0.4 is 15.2 Å². The van der Waals surface area contributed by atoms with Crippen LogP contribution in [0.1, 0.15) is 18.1 Å². The number of nitro benzene ring substituents is 1. The summed E-state index contributed by atoms with van der Waals surface area (Å²) in [5.41, 5.74) is -2.11. The van der Waals surface area contributed by atoms with Gasteiger partial charge >= 0.3 is 6.18 Å². The fourth-order valence-electron chi connectivity index (χ4n) is 4.11. The van der Waals surface area contributed by atoms with Crippen LogP contribution in [0.5, 0.6) is 0 Å². The number of nitrogens with zero attached hydrogens (tertiary/aromatic N) is 4. The SMILES string of the molecule is CCO.O=[N+]([O-])c1cc(/C=N\Nc2c(F)c(F)c(C(F)(F)F)c(F)c2F)c(N2CCOCC2)cc1N1CCOCC1. The highest BCUT2D eigenvalue weighted by Crippen LogP contribution is 2.39. The molecule has 10 nitrogen and oxygen atoms in total. The third-order valence-electron chi connectivity index (χ3n) is 5.95. The number of rotatable bonds is 6. The summed E-state index contributed by atoms with van der Waals surface area (Å²) in [7, 11) is 0. The monoisotopic (exact) mass is 597 g/mol. The summed E-state index contributed by atoms with van der Waals surface area (Å²) in [5.74, 6) is -9.96. The molecule has 2 heterocycles. The molecule has 17 heteroatoms. The second kappa shape index (κ2) is 13.8. The van der Waals surface area contributed by atoms with Crippen molar-refractivity contribution >= 4 is 29.0 Å². The van der Waals surface area contributed by atoms with Crippen molar-refractivity contribution < 1.29 is 50.2 Å². The Morgan fingerprint density at radius 1 is 0.951 bits per heavy atom. The minimum Gasteiger partial charge on any atom is -0.397 e. The number of hydrazone groups is 1. The first kappa shape index (κ1) is 31.8. The van der Waals surface area contributed by atoms with Crippen LogP contribution in [-0.4, -0.2) is 75.5 Å². The van der Waals surface area contributed by atoms with Crippen molar-refractivity contribution in [3.8, 4) is 0 Å². The number of hydrogen-bond acceptors (Lipinski definition) is 9. The number of benzene rings is 2. The Bertz CT molecular complexity index is 1240. The van der Waals surface area contributed by atoms with Crippen molar-refractivity contribution in [1.29, 1.82) is 0 Å². The fraction of sp³-hybridized carbons (Fsp3) is 0.458. The van der Waals surface area contributed by atoms with Gasteiger partial charge in [-0.15, -0.1) is 0 Å². The molecule has 0 radical (unpaired) electrons. The molecule has 0 aromatic heterocycles. The molecule has 0 bridgehead atoms. The smallest absolute Gasteiger partial charge is 0.397 e. The van der Waals surface area contributed by atoms with Crippen molar-refractivity contribution in [2.24, 2.45) is 5.10 Å². The summed E-state index contributed by atoms with van der Waals surface area (Å²) in [6.07, 6.45) is -4.78. The Kier molecular flexibility index (Phi) is 10.7. The molecule has 0 aliphatic carbocycles. The molecular weight excluding hydrogens is 571 g/mol. The van der Waals surface area contributed by atoms with E-state index in [2.05, 4.69) is 5.10 Å². The number of nitro groups is 1. The van der Waals surface area contributed by atoms with E-state index in [0.29, 0.717) is 64.0 Å². The van der Waals surface area contributed by atoms with Gasteiger partial charge < -0.3 is 24.4 Å². The van der Waals surface area contributed by atoms with Crippen molar-refractivity contribution in [2.75, 3.05) is 74.4 Å². The van der Waals surface area contributed by atoms with Crippen LogP contribution in [0.3, 0.4) is 0 Å². The molecule has 2 aromatic rings. The van der Waals surface area contributed by atoms with Gasteiger partial charge in [0.1, 0.15) is 16.9 Å². The molecular formula is C24H26F7N5O5. The normalized spacial score (nSPS) is 16.0. The number of aliphatic hydroxyl groups excluding tert-OH is 1. The highest BCUT2D eigenvalue weighted by molar-refractivity contribution is 5.92. The molecule has 0 atom stereocenters. The summed E-state index contributed by atoms with van der Waals surface area (Å²) in [6, 6.07) is 2.72. The molecule has 41 heavy (non-hydrogen) atoms. The molecule has 2 aliphatic heterocycles. The number of ether oxygens (including phenoxy) is 2. The van der Waals surface area contributed by atoms with Crippen LogP contribution in [0.15, 0.2) is 17.2 Å². The van der Waals surface area contributed by atoms with Gasteiger partial charge in [0.15, 0.2) is 23.3 Å². The zero-order valence-corrected chi connectivity index (χ0v) is 21.6. The maximum absolute atomic E-state index is 14.2. The zero-order valence-electron chi connectivity index (χ0n) is 21.6. The van der Waals surface area contributed by atoms with Gasteiger partial charge in [0, 0.05) is 50.1 Å². The fourth-order valence-corrected chi connectivity index (χ4v) is 4.11. The van der Waals surface area contributed by atoms with Gasteiger partial charge in [-0.05, 0) is 13.0 Å². The predicted molar refractivity (Wildman–Crippen MR) is 134 cm³/mol. The van der Waals surface area contributed by atoms with Crippen LogP contribution in [-0.2, 0) is 15.7 Å². The first-order valence-electron chi connectivity index (χ1n) is 12.2. The maximum atomic E-state index is 14.2. The summed E-state index contributed by atoms with van der Waals surface area (Å²) < 4.78 is 105. The summed E-state index contributed by atoms with van der Waals surface area (Å²) >= 11 is 0. The van der Waals surface area contributed by atoms with Gasteiger partial charge in [0.2, 0.25) is 0 Å². The number of alkyl halides is 3. The highest BCUT2D eigenvalue weighted by atomic mass is 19.4. The van der Waals surface area contributed by atoms with Crippen molar-refractivity contribution in [3.63, 3.8) is 0 Å². The van der Waals surface area contributed by atoms with Crippen LogP contribution in [0.25, 0.3) is 0 Å². The molecule has 2 aliphatic rings. The number of nitrogens with one attached hydrogen (secondary N) is 1. The van der Waals surface area contributed by atoms with E-state index < -0.39 is 45.6 Å². The lowest BCUT2D eigenvalue weighted by molar-refractivity contribution is -0.384. The van der Waals surface area contributed by atoms with E-state index in [1.54, 1.807) is 23.3 Å². The lowest BCUT2D eigenvalue weighted by Crippen LogP contribution is -2.38. The van der Waals surface area contributed by atoms with Gasteiger partial charge in [-0.3, -0.25) is 15.5 Å². The predicted octanol–water partition coefficient (Wildman–Crippen LogP) is 4.29. The quantitative estimate of drug-likeness (QED) is 0.167. The molecule has 2 fully saturated rings. The molecule has 0 unspecified atom stereocenters. The van der Waals surface area contributed by atoms with Crippen molar-refractivity contribution in [2.45, 2.75) is 13.1 Å². The van der Waals surface area contributed by atoms with E-state index in [0.717, 1.165) is 6.21 Å². The minimum absolute atomic E-state index is 0.0942. The Labute approximate surface area is 229 Å².